The lowest BCUT2D eigenvalue weighted by Crippen LogP contribution is -2.14. The Hall–Kier alpha value is -0.830. The Morgan fingerprint density at radius 3 is 2.27 bits per heavy atom. The van der Waals surface area contributed by atoms with Gasteiger partial charge in [-0.2, -0.15) is 0 Å². The van der Waals surface area contributed by atoms with Gasteiger partial charge in [0.1, 0.15) is 5.82 Å². The van der Waals surface area contributed by atoms with E-state index in [1.165, 1.54) is 0 Å². The van der Waals surface area contributed by atoms with Gasteiger partial charge in [0.25, 0.3) is 0 Å². The van der Waals surface area contributed by atoms with Crippen LogP contribution in [0, 0.1) is 6.92 Å². The molecule has 0 spiro atoms. The summed E-state index contributed by atoms with van der Waals surface area (Å²) in [4.78, 5) is 4.02. The van der Waals surface area contributed by atoms with Gasteiger partial charge in [0.15, 0.2) is 0 Å². The number of aryl methyl sites for hydroxylation is 1. The van der Waals surface area contributed by atoms with E-state index in [0.717, 1.165) is 5.82 Å². The SMILES string of the molecule is C.C.Cc1nccn1C(C)N. The average molecular weight is 157 g/mol. The fourth-order valence-corrected chi connectivity index (χ4v) is 0.818. The molecule has 0 fully saturated rings. The van der Waals surface area contributed by atoms with Crippen LogP contribution in [0.5, 0.6) is 0 Å². The van der Waals surface area contributed by atoms with Gasteiger partial charge in [0.2, 0.25) is 0 Å². The van der Waals surface area contributed by atoms with Crippen LogP contribution < -0.4 is 5.73 Å². The maximum Gasteiger partial charge on any atom is 0.106 e. The van der Waals surface area contributed by atoms with Crippen LogP contribution in [0.2, 0.25) is 0 Å². The van der Waals surface area contributed by atoms with Gasteiger partial charge in [-0.25, -0.2) is 4.98 Å². The Morgan fingerprint density at radius 2 is 2.09 bits per heavy atom. The Kier molecular flexibility index (Phi) is 5.71. The zero-order valence-corrected chi connectivity index (χ0v) is 5.70. The normalized spacial score (nSPS) is 11.2. The predicted octanol–water partition coefficient (Wildman–Crippen LogP) is 1.94. The van der Waals surface area contributed by atoms with Crippen molar-refractivity contribution in [3.63, 3.8) is 0 Å². The molecule has 1 aromatic rings. The first kappa shape index (κ1) is 12.8. The molecule has 1 aromatic heterocycles. The van der Waals surface area contributed by atoms with Crippen molar-refractivity contribution in [2.45, 2.75) is 34.9 Å². The van der Waals surface area contributed by atoms with Gasteiger partial charge in [-0.3, -0.25) is 0 Å². The van der Waals surface area contributed by atoms with Crippen LogP contribution >= 0.6 is 0 Å². The van der Waals surface area contributed by atoms with E-state index in [-0.39, 0.29) is 21.0 Å². The molecule has 0 bridgehead atoms. The van der Waals surface area contributed by atoms with Crippen molar-refractivity contribution in [1.29, 1.82) is 0 Å². The summed E-state index contributed by atoms with van der Waals surface area (Å²) in [7, 11) is 0. The minimum atomic E-state index is 0. The summed E-state index contributed by atoms with van der Waals surface area (Å²) in [5.41, 5.74) is 5.58. The van der Waals surface area contributed by atoms with Gasteiger partial charge in [-0.05, 0) is 13.8 Å². The summed E-state index contributed by atoms with van der Waals surface area (Å²) >= 11 is 0. The van der Waals surface area contributed by atoms with Crippen molar-refractivity contribution in [1.82, 2.24) is 9.55 Å². The Labute approximate surface area is 69.2 Å². The van der Waals surface area contributed by atoms with E-state index >= 15 is 0 Å². The number of hydrogen-bond acceptors (Lipinski definition) is 2. The molecule has 2 N–H and O–H groups in total. The highest BCUT2D eigenvalue weighted by Gasteiger charge is 1.98. The fourth-order valence-electron chi connectivity index (χ4n) is 0.818. The standard InChI is InChI=1S/C6H11N3.2CH4/c1-5(7)9-4-3-8-6(9)2;;/h3-5H,7H2,1-2H3;2*1H4. The fraction of sp³-hybridized carbons (Fsp3) is 0.625. The minimum absolute atomic E-state index is 0. The first-order chi connectivity index (χ1) is 4.22. The molecule has 0 aromatic carbocycles. The Bertz CT molecular complexity index is 191. The van der Waals surface area contributed by atoms with Gasteiger partial charge in [-0.15, -0.1) is 0 Å². The number of rotatable bonds is 1. The Morgan fingerprint density at radius 1 is 1.55 bits per heavy atom. The van der Waals surface area contributed by atoms with E-state index in [1.54, 1.807) is 6.20 Å². The molecule has 66 valence electrons. The maximum absolute atomic E-state index is 5.58. The molecule has 0 aliphatic carbocycles. The van der Waals surface area contributed by atoms with Crippen molar-refractivity contribution in [2.24, 2.45) is 5.73 Å². The van der Waals surface area contributed by atoms with Crippen molar-refractivity contribution < 1.29 is 0 Å². The summed E-state index contributed by atoms with van der Waals surface area (Å²) in [6.07, 6.45) is 3.66. The molecule has 1 heterocycles. The van der Waals surface area contributed by atoms with Crippen molar-refractivity contribution >= 4 is 0 Å². The molecular formula is C8H19N3. The molecule has 3 heteroatoms. The summed E-state index contributed by atoms with van der Waals surface area (Å²) in [5.74, 6) is 0.963. The quantitative estimate of drug-likeness (QED) is 0.677. The minimum Gasteiger partial charge on any atom is -0.320 e. The summed E-state index contributed by atoms with van der Waals surface area (Å²) in [5, 5.41) is 0. The van der Waals surface area contributed by atoms with Crippen LogP contribution in [0.15, 0.2) is 12.4 Å². The molecular weight excluding hydrogens is 138 g/mol. The Balaban J connectivity index is 0. The molecule has 0 saturated heterocycles. The average Bonchev–Trinajstić information content (AvgIpc) is 2.13. The summed E-state index contributed by atoms with van der Waals surface area (Å²) in [6, 6.07) is 0. The van der Waals surface area contributed by atoms with Gasteiger partial charge in [0.05, 0.1) is 6.17 Å². The van der Waals surface area contributed by atoms with E-state index in [0.29, 0.717) is 0 Å². The van der Waals surface area contributed by atoms with Crippen LogP contribution in [0.1, 0.15) is 33.8 Å². The third-order valence-electron chi connectivity index (χ3n) is 1.30. The molecule has 11 heavy (non-hydrogen) atoms. The molecule has 0 saturated carbocycles. The topological polar surface area (TPSA) is 43.8 Å². The van der Waals surface area contributed by atoms with Gasteiger partial charge in [0, 0.05) is 12.4 Å². The number of aromatic nitrogens is 2. The zero-order chi connectivity index (χ0) is 6.85. The highest BCUT2D eigenvalue weighted by atomic mass is 15.1. The van der Waals surface area contributed by atoms with Crippen molar-refractivity contribution in [3.8, 4) is 0 Å². The molecule has 1 rings (SSSR count). The lowest BCUT2D eigenvalue weighted by atomic mass is 10.5. The first-order valence-electron chi connectivity index (χ1n) is 2.97. The van der Waals surface area contributed by atoms with E-state index in [9.17, 15) is 0 Å². The second kappa shape index (κ2) is 4.91. The van der Waals surface area contributed by atoms with Crippen LogP contribution in [0.4, 0.5) is 0 Å². The highest BCUT2D eigenvalue weighted by molar-refractivity contribution is 4.89. The molecule has 1 unspecified atom stereocenters. The number of nitrogens with zero attached hydrogens (tertiary/aromatic N) is 2. The van der Waals surface area contributed by atoms with Crippen LogP contribution in [0.25, 0.3) is 0 Å². The molecule has 1 atom stereocenters. The van der Waals surface area contributed by atoms with E-state index in [4.69, 9.17) is 5.73 Å². The molecule has 0 aliphatic heterocycles. The molecule has 0 aliphatic rings. The number of imidazole rings is 1. The predicted molar refractivity (Wildman–Crippen MR) is 49.3 cm³/mol. The monoisotopic (exact) mass is 157 g/mol. The third-order valence-corrected chi connectivity index (χ3v) is 1.30. The third kappa shape index (κ3) is 2.72. The zero-order valence-electron chi connectivity index (χ0n) is 5.70. The molecule has 0 radical (unpaired) electrons. The van der Waals surface area contributed by atoms with Crippen LogP contribution in [-0.2, 0) is 0 Å². The van der Waals surface area contributed by atoms with Gasteiger partial charge in [-0.1, -0.05) is 14.9 Å². The lowest BCUT2D eigenvalue weighted by molar-refractivity contribution is 0.556. The van der Waals surface area contributed by atoms with E-state index in [2.05, 4.69) is 4.98 Å². The smallest absolute Gasteiger partial charge is 0.106 e. The number of nitrogens with two attached hydrogens (primary N) is 1. The second-order valence-electron chi connectivity index (χ2n) is 2.12. The van der Waals surface area contributed by atoms with Crippen molar-refractivity contribution in [3.05, 3.63) is 18.2 Å². The molecule has 0 amide bonds. The summed E-state index contributed by atoms with van der Waals surface area (Å²) in [6.45, 7) is 3.86. The maximum atomic E-state index is 5.58. The van der Waals surface area contributed by atoms with Gasteiger partial charge >= 0.3 is 0 Å². The second-order valence-corrected chi connectivity index (χ2v) is 2.12. The van der Waals surface area contributed by atoms with E-state index < -0.39 is 0 Å². The molecule has 3 nitrogen and oxygen atoms in total. The first-order valence-corrected chi connectivity index (χ1v) is 2.97. The van der Waals surface area contributed by atoms with Gasteiger partial charge < -0.3 is 10.3 Å². The highest BCUT2D eigenvalue weighted by Crippen LogP contribution is 2.00. The lowest BCUT2D eigenvalue weighted by Gasteiger charge is -2.07. The van der Waals surface area contributed by atoms with E-state index in [1.807, 2.05) is 24.6 Å². The van der Waals surface area contributed by atoms with Crippen LogP contribution in [-0.4, -0.2) is 9.55 Å². The largest absolute Gasteiger partial charge is 0.320 e. The van der Waals surface area contributed by atoms with Crippen LogP contribution in [0.3, 0.4) is 0 Å². The number of hydrogen-bond donors (Lipinski definition) is 1. The van der Waals surface area contributed by atoms with Crippen molar-refractivity contribution in [2.75, 3.05) is 0 Å². The summed E-state index contributed by atoms with van der Waals surface area (Å²) < 4.78 is 1.92.